The summed E-state index contributed by atoms with van der Waals surface area (Å²) in [6.07, 6.45) is 8.53. The second-order valence-corrected chi connectivity index (χ2v) is 8.63. The third kappa shape index (κ3) is 4.46. The Bertz CT molecular complexity index is 282. The van der Waals surface area contributed by atoms with Crippen LogP contribution in [0.15, 0.2) is 0 Å². The summed E-state index contributed by atoms with van der Waals surface area (Å²) in [5.74, 6) is 0.488. The van der Waals surface area contributed by atoms with Gasteiger partial charge in [0, 0.05) is 12.6 Å². The molecule has 112 valence electrons. The molecule has 0 aliphatic heterocycles. The molecule has 0 spiro atoms. The van der Waals surface area contributed by atoms with E-state index in [1.54, 1.807) is 0 Å². The van der Waals surface area contributed by atoms with E-state index in [0.29, 0.717) is 22.8 Å². The average Bonchev–Trinajstić information content (AvgIpc) is 2.23. The summed E-state index contributed by atoms with van der Waals surface area (Å²) in [5, 5.41) is 13.8. The van der Waals surface area contributed by atoms with Crippen LogP contribution in [0.4, 0.5) is 0 Å². The van der Waals surface area contributed by atoms with E-state index in [1.807, 2.05) is 0 Å². The molecular weight excluding hydrogens is 234 g/mol. The van der Waals surface area contributed by atoms with Gasteiger partial charge in [0.05, 0.1) is 6.10 Å². The van der Waals surface area contributed by atoms with Crippen LogP contribution >= 0.6 is 0 Å². The number of aliphatic hydroxyl groups is 1. The normalized spacial score (nSPS) is 35.2. The largest absolute Gasteiger partial charge is 0.393 e. The second kappa shape index (κ2) is 5.73. The third-order valence-electron chi connectivity index (χ3n) is 5.09. The number of hydrogen-bond acceptors (Lipinski definition) is 2. The van der Waals surface area contributed by atoms with Gasteiger partial charge >= 0.3 is 0 Å². The molecule has 2 heteroatoms. The quantitative estimate of drug-likeness (QED) is 0.816. The maximum absolute atomic E-state index is 10.1. The molecule has 0 heterocycles. The summed E-state index contributed by atoms with van der Waals surface area (Å²) in [6.45, 7) is 10.6. The molecule has 0 aromatic rings. The average molecular weight is 267 g/mol. The van der Waals surface area contributed by atoms with Crippen LogP contribution in [0.5, 0.6) is 0 Å². The summed E-state index contributed by atoms with van der Waals surface area (Å²) in [6, 6.07) is 0.632. The van der Waals surface area contributed by atoms with Crippen molar-refractivity contribution in [2.24, 2.45) is 16.7 Å². The molecule has 0 aromatic carbocycles. The summed E-state index contributed by atoms with van der Waals surface area (Å²) >= 11 is 0. The first kappa shape index (κ1) is 15.3. The van der Waals surface area contributed by atoms with Crippen molar-refractivity contribution in [1.29, 1.82) is 0 Å². The maximum atomic E-state index is 10.1. The number of rotatable bonds is 3. The van der Waals surface area contributed by atoms with Gasteiger partial charge in [-0.05, 0) is 48.9 Å². The number of aliphatic hydroxyl groups excluding tert-OH is 1. The van der Waals surface area contributed by atoms with Gasteiger partial charge in [0.25, 0.3) is 0 Å². The van der Waals surface area contributed by atoms with E-state index in [1.165, 1.54) is 38.5 Å². The Morgan fingerprint density at radius 2 is 1.58 bits per heavy atom. The fourth-order valence-electron chi connectivity index (χ4n) is 4.73. The van der Waals surface area contributed by atoms with E-state index in [9.17, 15) is 5.11 Å². The molecule has 2 fully saturated rings. The lowest BCUT2D eigenvalue weighted by atomic mass is 9.63. The highest BCUT2D eigenvalue weighted by atomic mass is 16.3. The van der Waals surface area contributed by atoms with Gasteiger partial charge in [0.2, 0.25) is 0 Å². The Labute approximate surface area is 119 Å². The molecule has 0 radical (unpaired) electrons. The molecule has 2 aliphatic carbocycles. The van der Waals surface area contributed by atoms with Crippen molar-refractivity contribution in [2.45, 2.75) is 84.8 Å². The van der Waals surface area contributed by atoms with Crippen LogP contribution in [0.25, 0.3) is 0 Å². The molecule has 2 rings (SSSR count). The van der Waals surface area contributed by atoms with Crippen LogP contribution < -0.4 is 5.32 Å². The van der Waals surface area contributed by atoms with Crippen molar-refractivity contribution >= 4 is 0 Å². The highest BCUT2D eigenvalue weighted by Gasteiger charge is 2.38. The molecule has 0 saturated heterocycles. The molecule has 2 saturated carbocycles. The van der Waals surface area contributed by atoms with E-state index >= 15 is 0 Å². The molecule has 0 amide bonds. The minimum absolute atomic E-state index is 0.0640. The lowest BCUT2D eigenvalue weighted by Crippen LogP contribution is -2.46. The van der Waals surface area contributed by atoms with Crippen molar-refractivity contribution < 1.29 is 5.11 Å². The standard InChI is InChI=1S/C17H33NO/c1-16(2)9-14(10-17(3,4)12-16)18-11-13-7-5-6-8-15(13)19/h13-15,18-19H,5-12H2,1-4H3. The van der Waals surface area contributed by atoms with Gasteiger partial charge in [0.1, 0.15) is 0 Å². The molecule has 2 atom stereocenters. The minimum Gasteiger partial charge on any atom is -0.393 e. The van der Waals surface area contributed by atoms with E-state index in [0.717, 1.165) is 13.0 Å². The highest BCUT2D eigenvalue weighted by molar-refractivity contribution is 4.92. The topological polar surface area (TPSA) is 32.3 Å². The van der Waals surface area contributed by atoms with Gasteiger partial charge in [-0.1, -0.05) is 40.5 Å². The van der Waals surface area contributed by atoms with Gasteiger partial charge in [-0.25, -0.2) is 0 Å². The second-order valence-electron chi connectivity index (χ2n) is 8.63. The zero-order valence-electron chi connectivity index (χ0n) is 13.3. The highest BCUT2D eigenvalue weighted by Crippen LogP contribution is 2.45. The zero-order chi connectivity index (χ0) is 14.1. The van der Waals surface area contributed by atoms with Crippen molar-refractivity contribution in [3.8, 4) is 0 Å². The predicted octanol–water partition coefficient (Wildman–Crippen LogP) is 3.73. The van der Waals surface area contributed by atoms with E-state index in [2.05, 4.69) is 33.0 Å². The van der Waals surface area contributed by atoms with Crippen molar-refractivity contribution in [1.82, 2.24) is 5.32 Å². The Kier molecular flexibility index (Phi) is 4.62. The van der Waals surface area contributed by atoms with Crippen molar-refractivity contribution in [3.05, 3.63) is 0 Å². The molecule has 2 unspecified atom stereocenters. The van der Waals surface area contributed by atoms with E-state index < -0.39 is 0 Å². The fourth-order valence-corrected chi connectivity index (χ4v) is 4.73. The summed E-state index contributed by atoms with van der Waals surface area (Å²) in [4.78, 5) is 0. The molecule has 2 nitrogen and oxygen atoms in total. The minimum atomic E-state index is -0.0640. The zero-order valence-corrected chi connectivity index (χ0v) is 13.3. The fraction of sp³-hybridized carbons (Fsp3) is 1.00. The van der Waals surface area contributed by atoms with Gasteiger partial charge in [-0.15, -0.1) is 0 Å². The van der Waals surface area contributed by atoms with Gasteiger partial charge in [-0.3, -0.25) is 0 Å². The predicted molar refractivity (Wildman–Crippen MR) is 81.2 cm³/mol. The van der Waals surface area contributed by atoms with Crippen molar-refractivity contribution in [2.75, 3.05) is 6.54 Å². The SMILES string of the molecule is CC1(C)CC(NCC2CCCCC2O)CC(C)(C)C1. The summed E-state index contributed by atoms with van der Waals surface area (Å²) < 4.78 is 0. The number of hydrogen-bond donors (Lipinski definition) is 2. The summed E-state index contributed by atoms with van der Waals surface area (Å²) in [7, 11) is 0. The van der Waals surface area contributed by atoms with E-state index in [-0.39, 0.29) is 6.10 Å². The lowest BCUT2D eigenvalue weighted by molar-refractivity contribution is 0.0536. The molecular formula is C17H33NO. The number of nitrogens with one attached hydrogen (secondary N) is 1. The molecule has 0 bridgehead atoms. The summed E-state index contributed by atoms with van der Waals surface area (Å²) in [5.41, 5.74) is 0.898. The first-order valence-corrected chi connectivity index (χ1v) is 8.19. The van der Waals surface area contributed by atoms with Gasteiger partial charge in [0.15, 0.2) is 0 Å². The maximum Gasteiger partial charge on any atom is 0.0580 e. The third-order valence-corrected chi connectivity index (χ3v) is 5.09. The molecule has 0 aromatic heterocycles. The van der Waals surface area contributed by atoms with E-state index in [4.69, 9.17) is 0 Å². The van der Waals surface area contributed by atoms with Crippen LogP contribution in [0.1, 0.15) is 72.6 Å². The molecule has 2 aliphatic rings. The van der Waals surface area contributed by atoms with Crippen LogP contribution in [-0.2, 0) is 0 Å². The van der Waals surface area contributed by atoms with Crippen molar-refractivity contribution in [3.63, 3.8) is 0 Å². The van der Waals surface area contributed by atoms with Gasteiger partial charge in [-0.2, -0.15) is 0 Å². The molecule has 19 heavy (non-hydrogen) atoms. The first-order valence-electron chi connectivity index (χ1n) is 8.19. The van der Waals surface area contributed by atoms with Crippen LogP contribution in [0.3, 0.4) is 0 Å². The lowest BCUT2D eigenvalue weighted by Gasteiger charge is -2.45. The van der Waals surface area contributed by atoms with Gasteiger partial charge < -0.3 is 10.4 Å². The Morgan fingerprint density at radius 1 is 1.00 bits per heavy atom. The monoisotopic (exact) mass is 267 g/mol. The van der Waals surface area contributed by atoms with Crippen LogP contribution in [0, 0.1) is 16.7 Å². The van der Waals surface area contributed by atoms with Crippen LogP contribution in [0.2, 0.25) is 0 Å². The van der Waals surface area contributed by atoms with Crippen LogP contribution in [-0.4, -0.2) is 23.8 Å². The Hall–Kier alpha value is -0.0800. The smallest absolute Gasteiger partial charge is 0.0580 e. The molecule has 2 N–H and O–H groups in total. The Morgan fingerprint density at radius 3 is 2.16 bits per heavy atom. The Balaban J connectivity index is 1.85. The first-order chi connectivity index (χ1) is 8.77.